The first-order valence-corrected chi connectivity index (χ1v) is 16.5. The third-order valence-corrected chi connectivity index (χ3v) is 11.7. The number of hydrogen-bond donors (Lipinski definition) is 1. The molecular weight excluding hydrogens is 570 g/mol. The zero-order chi connectivity index (χ0) is 31.6. The number of para-hydroxylation sites is 1. The van der Waals surface area contributed by atoms with Gasteiger partial charge in [0, 0.05) is 42.4 Å². The van der Waals surface area contributed by atoms with Crippen LogP contribution in [0.1, 0.15) is 50.2 Å². The maximum Gasteiger partial charge on any atom is 0.251 e. The Morgan fingerprint density at radius 3 is 2.39 bits per heavy atom. The number of benzene rings is 2. The number of likely N-dealkylation sites (tertiary alicyclic amines) is 1. The summed E-state index contributed by atoms with van der Waals surface area (Å²) < 4.78 is -1.19. The van der Waals surface area contributed by atoms with Gasteiger partial charge in [-0.3, -0.25) is 14.4 Å². The number of carbonyl (C=O) groups excluding carboxylic acids is 3. The summed E-state index contributed by atoms with van der Waals surface area (Å²) in [5, 5.41) is 9.38. The third kappa shape index (κ3) is 5.40. The van der Waals surface area contributed by atoms with E-state index in [0.717, 1.165) is 35.3 Å². The minimum absolute atomic E-state index is 0.0863. The minimum atomic E-state index is -0.714. The number of aliphatic hydroxyl groups excluding tert-OH is 1. The van der Waals surface area contributed by atoms with Crippen molar-refractivity contribution >= 4 is 40.9 Å². The first kappa shape index (κ1) is 32.0. The molecule has 234 valence electrons. The highest BCUT2D eigenvalue weighted by Crippen LogP contribution is 2.71. The topological polar surface area (TPSA) is 81.2 Å². The lowest BCUT2D eigenvalue weighted by molar-refractivity contribution is -0.139. The van der Waals surface area contributed by atoms with Crippen LogP contribution in [0.2, 0.25) is 0 Å². The highest BCUT2D eigenvalue weighted by Gasteiger charge is 2.77. The molecule has 0 aromatic heterocycles. The lowest BCUT2D eigenvalue weighted by atomic mass is 9.66. The van der Waals surface area contributed by atoms with Crippen LogP contribution in [0.3, 0.4) is 0 Å². The van der Waals surface area contributed by atoms with Crippen molar-refractivity contribution in [3.8, 4) is 0 Å². The van der Waals surface area contributed by atoms with Crippen LogP contribution in [0.25, 0.3) is 0 Å². The molecular formula is C36H45N3O4S. The molecule has 3 saturated heterocycles. The van der Waals surface area contributed by atoms with Gasteiger partial charge in [0.2, 0.25) is 11.8 Å². The summed E-state index contributed by atoms with van der Waals surface area (Å²) in [4.78, 5) is 49.5. The molecule has 3 heterocycles. The van der Waals surface area contributed by atoms with Crippen LogP contribution in [0.5, 0.6) is 0 Å². The second kappa shape index (κ2) is 12.9. The molecule has 7 nitrogen and oxygen atoms in total. The van der Waals surface area contributed by atoms with Crippen LogP contribution < -0.4 is 9.80 Å². The van der Waals surface area contributed by atoms with E-state index in [1.807, 2.05) is 62.4 Å². The Bertz CT molecular complexity index is 1430. The number of hydrogen-bond acceptors (Lipinski definition) is 5. The Labute approximate surface area is 266 Å². The Morgan fingerprint density at radius 2 is 1.70 bits per heavy atom. The molecule has 3 amide bonds. The average molecular weight is 616 g/mol. The maximum absolute atomic E-state index is 14.9. The molecule has 0 radical (unpaired) electrons. The van der Waals surface area contributed by atoms with E-state index in [1.165, 1.54) is 0 Å². The predicted octanol–water partition coefficient (Wildman–Crippen LogP) is 5.69. The fourth-order valence-corrected chi connectivity index (χ4v) is 10.1. The van der Waals surface area contributed by atoms with Crippen molar-refractivity contribution in [1.29, 1.82) is 0 Å². The Kier molecular flexibility index (Phi) is 9.42. The van der Waals surface area contributed by atoms with Gasteiger partial charge in [0.25, 0.3) is 5.91 Å². The van der Waals surface area contributed by atoms with Crippen LogP contribution in [0.4, 0.5) is 11.4 Å². The van der Waals surface area contributed by atoms with Crippen molar-refractivity contribution in [2.24, 2.45) is 11.8 Å². The number of rotatable bonds is 13. The average Bonchev–Trinajstić information content (AvgIpc) is 3.58. The zero-order valence-corrected chi connectivity index (χ0v) is 27.0. The van der Waals surface area contributed by atoms with E-state index >= 15 is 0 Å². The lowest BCUT2D eigenvalue weighted by Crippen LogP contribution is -2.55. The number of aryl methyl sites for hydroxylation is 2. The summed E-state index contributed by atoms with van der Waals surface area (Å²) in [5.41, 5.74) is 3.61. The van der Waals surface area contributed by atoms with Gasteiger partial charge in [-0.15, -0.1) is 24.9 Å². The van der Waals surface area contributed by atoms with Crippen molar-refractivity contribution in [3.63, 3.8) is 0 Å². The molecule has 8 heteroatoms. The molecule has 1 N–H and O–H groups in total. The molecule has 1 spiro atoms. The largest absolute Gasteiger partial charge is 0.396 e. The molecule has 3 aliphatic rings. The Balaban J connectivity index is 1.59. The number of nitrogens with zero attached hydrogens (tertiary/aromatic N) is 3. The van der Waals surface area contributed by atoms with Crippen LogP contribution in [-0.4, -0.2) is 69.5 Å². The van der Waals surface area contributed by atoms with E-state index in [1.54, 1.807) is 38.6 Å². The number of carbonyl (C=O) groups is 3. The van der Waals surface area contributed by atoms with Crippen LogP contribution >= 0.6 is 11.8 Å². The van der Waals surface area contributed by atoms with Gasteiger partial charge in [0.15, 0.2) is 0 Å². The van der Waals surface area contributed by atoms with Gasteiger partial charge in [-0.25, -0.2) is 0 Å². The van der Waals surface area contributed by atoms with Crippen molar-refractivity contribution < 1.29 is 19.5 Å². The summed E-state index contributed by atoms with van der Waals surface area (Å²) >= 11 is 1.70. The number of amides is 3. The monoisotopic (exact) mass is 615 g/mol. The normalized spacial score (nSPS) is 26.9. The van der Waals surface area contributed by atoms with E-state index in [-0.39, 0.29) is 24.3 Å². The molecule has 5 rings (SSSR count). The summed E-state index contributed by atoms with van der Waals surface area (Å²) in [6, 6.07) is 14.9. The Morgan fingerprint density at radius 1 is 1.00 bits per heavy atom. The van der Waals surface area contributed by atoms with Gasteiger partial charge in [0.1, 0.15) is 6.04 Å². The molecule has 5 atom stereocenters. The standard InChI is InChI=1S/C36H45N3O4S/c1-6-20-37(27-14-10-8-11-15-27)32(41)29-30-33(42)39(22-12-9-13-23-40)31(36(30)19-18-35(29,5)44-36)34(43)38(21-7-2)28-24-25(3)16-17-26(28)4/h6-8,10-11,14-17,24,29-31,40H,1-2,9,12-13,18-23H2,3-5H3/t29-,30+,31?,35+,36?/m1/s1. The van der Waals surface area contributed by atoms with Crippen LogP contribution in [0, 0.1) is 25.7 Å². The first-order valence-electron chi connectivity index (χ1n) is 15.7. The van der Waals surface area contributed by atoms with Gasteiger partial charge >= 0.3 is 0 Å². The smallest absolute Gasteiger partial charge is 0.251 e. The molecule has 0 saturated carbocycles. The number of aliphatic hydroxyl groups is 1. The van der Waals surface area contributed by atoms with Crippen molar-refractivity contribution in [2.75, 3.05) is 36.0 Å². The zero-order valence-electron chi connectivity index (χ0n) is 26.2. The van der Waals surface area contributed by atoms with Crippen LogP contribution in [0.15, 0.2) is 73.8 Å². The van der Waals surface area contributed by atoms with E-state index in [9.17, 15) is 19.5 Å². The molecule has 2 unspecified atom stereocenters. The van der Waals surface area contributed by atoms with Gasteiger partial charge in [-0.05, 0) is 82.2 Å². The summed E-state index contributed by atoms with van der Waals surface area (Å²) in [5.74, 6) is -1.48. The van der Waals surface area contributed by atoms with Gasteiger partial charge in [-0.1, -0.05) is 42.5 Å². The molecule has 2 aromatic carbocycles. The summed E-state index contributed by atoms with van der Waals surface area (Å²) in [7, 11) is 0. The molecule has 0 aliphatic carbocycles. The van der Waals surface area contributed by atoms with Crippen molar-refractivity contribution in [1.82, 2.24) is 4.90 Å². The highest BCUT2D eigenvalue weighted by molar-refractivity contribution is 8.02. The maximum atomic E-state index is 14.9. The first-order chi connectivity index (χ1) is 21.1. The predicted molar refractivity (Wildman–Crippen MR) is 179 cm³/mol. The van der Waals surface area contributed by atoms with Gasteiger partial charge in [0.05, 0.1) is 16.6 Å². The fraction of sp³-hybridized carbons (Fsp3) is 0.472. The molecule has 3 aliphatic heterocycles. The fourth-order valence-electron chi connectivity index (χ4n) is 7.71. The van der Waals surface area contributed by atoms with E-state index < -0.39 is 27.4 Å². The molecule has 44 heavy (non-hydrogen) atoms. The highest BCUT2D eigenvalue weighted by atomic mass is 32.2. The number of anilines is 2. The Hall–Kier alpha value is -3.36. The quantitative estimate of drug-likeness (QED) is 0.232. The summed E-state index contributed by atoms with van der Waals surface area (Å²) in [6.07, 6.45) is 6.97. The van der Waals surface area contributed by atoms with Crippen molar-refractivity contribution in [2.45, 2.75) is 68.4 Å². The second-order valence-electron chi connectivity index (χ2n) is 12.6. The third-order valence-electron chi connectivity index (χ3n) is 9.71. The minimum Gasteiger partial charge on any atom is -0.396 e. The lowest BCUT2D eigenvalue weighted by Gasteiger charge is -2.38. The summed E-state index contributed by atoms with van der Waals surface area (Å²) in [6.45, 7) is 15.1. The SMILES string of the molecule is C=CCN(C(=O)[C@H]1[C@H]2C(=O)N(CCCCCO)C(C(=O)N(CC=C)c3cc(C)ccc3C)C23CC[C@]1(C)S3)c1ccccc1. The van der Waals surface area contributed by atoms with Gasteiger partial charge < -0.3 is 19.8 Å². The number of fused-ring (bicyclic) bond motifs is 1. The molecule has 2 aromatic rings. The van der Waals surface area contributed by atoms with Gasteiger partial charge in [-0.2, -0.15) is 0 Å². The number of unbranched alkanes of at least 4 members (excludes halogenated alkanes) is 2. The van der Waals surface area contributed by atoms with E-state index in [4.69, 9.17) is 0 Å². The van der Waals surface area contributed by atoms with E-state index in [2.05, 4.69) is 20.1 Å². The van der Waals surface area contributed by atoms with Crippen LogP contribution in [-0.2, 0) is 14.4 Å². The molecule has 3 fully saturated rings. The second-order valence-corrected chi connectivity index (χ2v) is 14.5. The molecule has 2 bridgehead atoms. The van der Waals surface area contributed by atoms with E-state index in [0.29, 0.717) is 38.9 Å². The number of thioether (sulfide) groups is 1. The van der Waals surface area contributed by atoms with Crippen molar-refractivity contribution in [3.05, 3.63) is 85.0 Å².